The van der Waals surface area contributed by atoms with Crippen molar-refractivity contribution >= 4 is 21.6 Å². The van der Waals surface area contributed by atoms with E-state index in [1.807, 2.05) is 0 Å². The number of nitrogens with zero attached hydrogens (tertiary/aromatic N) is 2. The first-order valence-corrected chi connectivity index (χ1v) is 7.58. The van der Waals surface area contributed by atoms with Crippen LogP contribution in [0.5, 0.6) is 5.75 Å². The van der Waals surface area contributed by atoms with E-state index in [9.17, 15) is 8.42 Å². The minimum absolute atomic E-state index is 0.00644. The van der Waals surface area contributed by atoms with Crippen LogP contribution in [0.2, 0.25) is 5.28 Å². The molecule has 0 radical (unpaired) electrons. The summed E-state index contributed by atoms with van der Waals surface area (Å²) in [5, 5.41) is 9.14. The Kier molecular flexibility index (Phi) is 4.53. The second kappa shape index (κ2) is 6.17. The molecule has 1 aromatic heterocycles. The predicted molar refractivity (Wildman–Crippen MR) is 74.0 cm³/mol. The average Bonchev–Trinajstić information content (AvgIpc) is 2.41. The standard InChI is InChI=1S/C12H12ClN3O3S/c13-12-14-7-11(8-15-12)20(18,19)16-6-5-9-1-3-10(17)4-2-9/h1-4,7-8,16-17H,5-6H2. The van der Waals surface area contributed by atoms with Crippen LogP contribution in [-0.4, -0.2) is 30.0 Å². The lowest BCUT2D eigenvalue weighted by atomic mass is 10.1. The van der Waals surface area contributed by atoms with Crippen molar-refractivity contribution in [1.29, 1.82) is 0 Å². The van der Waals surface area contributed by atoms with Crippen molar-refractivity contribution in [1.82, 2.24) is 14.7 Å². The molecule has 1 aromatic carbocycles. The lowest BCUT2D eigenvalue weighted by Gasteiger charge is -2.06. The van der Waals surface area contributed by atoms with Crippen molar-refractivity contribution in [2.24, 2.45) is 0 Å². The van der Waals surface area contributed by atoms with E-state index in [0.29, 0.717) is 6.42 Å². The van der Waals surface area contributed by atoms with Gasteiger partial charge >= 0.3 is 0 Å². The van der Waals surface area contributed by atoms with Crippen molar-refractivity contribution in [3.63, 3.8) is 0 Å². The van der Waals surface area contributed by atoms with Gasteiger partial charge in [0, 0.05) is 6.54 Å². The van der Waals surface area contributed by atoms with Gasteiger partial charge in [0.25, 0.3) is 0 Å². The van der Waals surface area contributed by atoms with E-state index in [-0.39, 0.29) is 22.5 Å². The van der Waals surface area contributed by atoms with Crippen LogP contribution in [0.1, 0.15) is 5.56 Å². The summed E-state index contributed by atoms with van der Waals surface area (Å²) in [4.78, 5) is 7.22. The van der Waals surface area contributed by atoms with Crippen LogP contribution in [0.4, 0.5) is 0 Å². The second-order valence-corrected chi connectivity index (χ2v) is 6.11. The fourth-order valence-corrected chi connectivity index (χ4v) is 2.53. The molecule has 0 saturated carbocycles. The summed E-state index contributed by atoms with van der Waals surface area (Å²) in [7, 11) is -3.64. The van der Waals surface area contributed by atoms with E-state index in [0.717, 1.165) is 18.0 Å². The molecule has 8 heteroatoms. The minimum Gasteiger partial charge on any atom is -0.508 e. The fourth-order valence-electron chi connectivity index (χ4n) is 1.51. The molecule has 0 spiro atoms. The molecule has 0 atom stereocenters. The van der Waals surface area contributed by atoms with Crippen molar-refractivity contribution in [2.75, 3.05) is 6.54 Å². The third-order valence-electron chi connectivity index (χ3n) is 2.55. The van der Waals surface area contributed by atoms with Gasteiger partial charge < -0.3 is 5.11 Å². The highest BCUT2D eigenvalue weighted by molar-refractivity contribution is 7.89. The van der Waals surface area contributed by atoms with Gasteiger partial charge in [-0.05, 0) is 35.7 Å². The van der Waals surface area contributed by atoms with Crippen molar-refractivity contribution in [3.8, 4) is 5.75 Å². The highest BCUT2D eigenvalue weighted by Gasteiger charge is 2.14. The Balaban J connectivity index is 1.96. The van der Waals surface area contributed by atoms with E-state index in [4.69, 9.17) is 16.7 Å². The molecule has 0 unspecified atom stereocenters. The number of aromatic nitrogens is 2. The Hall–Kier alpha value is -1.70. The molecule has 0 bridgehead atoms. The number of phenolic OH excluding ortho intramolecular Hbond substituents is 1. The largest absolute Gasteiger partial charge is 0.508 e. The Morgan fingerprint density at radius 2 is 1.75 bits per heavy atom. The maximum Gasteiger partial charge on any atom is 0.243 e. The van der Waals surface area contributed by atoms with Crippen molar-refractivity contribution in [3.05, 3.63) is 47.5 Å². The quantitative estimate of drug-likeness (QED) is 0.813. The van der Waals surface area contributed by atoms with Crippen molar-refractivity contribution in [2.45, 2.75) is 11.3 Å². The van der Waals surface area contributed by atoms with E-state index >= 15 is 0 Å². The van der Waals surface area contributed by atoms with Crippen LogP contribution in [0.3, 0.4) is 0 Å². The number of sulfonamides is 1. The molecule has 2 aromatic rings. The maximum atomic E-state index is 11.9. The normalized spacial score (nSPS) is 11.4. The number of hydrogen-bond acceptors (Lipinski definition) is 5. The summed E-state index contributed by atoms with van der Waals surface area (Å²) in [5.74, 6) is 0.174. The lowest BCUT2D eigenvalue weighted by Crippen LogP contribution is -2.26. The number of benzene rings is 1. The monoisotopic (exact) mass is 313 g/mol. The molecule has 106 valence electrons. The summed E-state index contributed by atoms with van der Waals surface area (Å²) in [6, 6.07) is 6.57. The van der Waals surface area contributed by atoms with Crippen LogP contribution in [0.15, 0.2) is 41.6 Å². The molecular weight excluding hydrogens is 302 g/mol. The molecular formula is C12H12ClN3O3S. The van der Waals surface area contributed by atoms with Gasteiger partial charge in [-0.15, -0.1) is 0 Å². The third-order valence-corrected chi connectivity index (χ3v) is 4.16. The molecule has 1 heterocycles. The van der Waals surface area contributed by atoms with E-state index in [1.165, 1.54) is 0 Å². The molecule has 6 nitrogen and oxygen atoms in total. The molecule has 0 aliphatic heterocycles. The van der Waals surface area contributed by atoms with Gasteiger partial charge in [-0.2, -0.15) is 0 Å². The summed E-state index contributed by atoms with van der Waals surface area (Å²) in [5.41, 5.74) is 0.915. The average molecular weight is 314 g/mol. The van der Waals surface area contributed by atoms with E-state index in [2.05, 4.69) is 14.7 Å². The molecule has 0 amide bonds. The first-order chi connectivity index (χ1) is 9.47. The lowest BCUT2D eigenvalue weighted by molar-refractivity contribution is 0.475. The van der Waals surface area contributed by atoms with Crippen LogP contribution >= 0.6 is 11.6 Å². The first kappa shape index (κ1) is 14.7. The van der Waals surface area contributed by atoms with Gasteiger partial charge in [-0.3, -0.25) is 0 Å². The summed E-state index contributed by atoms with van der Waals surface area (Å²) in [6.07, 6.45) is 2.81. The zero-order valence-electron chi connectivity index (χ0n) is 10.3. The maximum absolute atomic E-state index is 11.9. The molecule has 0 fully saturated rings. The Labute approximate surface area is 121 Å². The topological polar surface area (TPSA) is 92.2 Å². The third kappa shape index (κ3) is 3.89. The van der Waals surface area contributed by atoms with Crippen LogP contribution in [0, 0.1) is 0 Å². The Morgan fingerprint density at radius 1 is 1.15 bits per heavy atom. The fraction of sp³-hybridized carbons (Fsp3) is 0.167. The van der Waals surface area contributed by atoms with Crippen molar-refractivity contribution < 1.29 is 13.5 Å². The van der Waals surface area contributed by atoms with Gasteiger partial charge in [0.15, 0.2) is 0 Å². The number of aromatic hydroxyl groups is 1. The van der Waals surface area contributed by atoms with Gasteiger partial charge in [-0.25, -0.2) is 23.1 Å². The number of rotatable bonds is 5. The summed E-state index contributed by atoms with van der Waals surface area (Å²) in [6.45, 7) is 0.232. The molecule has 2 rings (SSSR count). The van der Waals surface area contributed by atoms with Gasteiger partial charge in [0.05, 0.1) is 12.4 Å². The zero-order valence-corrected chi connectivity index (χ0v) is 11.9. The zero-order chi connectivity index (χ0) is 14.6. The highest BCUT2D eigenvalue weighted by atomic mass is 35.5. The van der Waals surface area contributed by atoms with Crippen LogP contribution < -0.4 is 4.72 Å². The summed E-state index contributed by atoms with van der Waals surface area (Å²) >= 11 is 5.50. The molecule has 2 N–H and O–H groups in total. The molecule has 0 saturated heterocycles. The Bertz CT molecular complexity index is 672. The first-order valence-electron chi connectivity index (χ1n) is 5.72. The van der Waals surface area contributed by atoms with Crippen LogP contribution in [0.25, 0.3) is 0 Å². The predicted octanol–water partition coefficient (Wildman–Crippen LogP) is 1.36. The number of hydrogen-bond donors (Lipinski definition) is 2. The molecule has 0 aliphatic carbocycles. The van der Waals surface area contributed by atoms with Crippen LogP contribution in [-0.2, 0) is 16.4 Å². The van der Waals surface area contributed by atoms with Gasteiger partial charge in [0.2, 0.25) is 15.3 Å². The van der Waals surface area contributed by atoms with E-state index in [1.54, 1.807) is 24.3 Å². The van der Waals surface area contributed by atoms with Gasteiger partial charge in [-0.1, -0.05) is 12.1 Å². The van der Waals surface area contributed by atoms with E-state index < -0.39 is 10.0 Å². The number of nitrogens with one attached hydrogen (secondary N) is 1. The Morgan fingerprint density at radius 3 is 2.35 bits per heavy atom. The molecule has 0 aliphatic rings. The molecule has 20 heavy (non-hydrogen) atoms. The number of halogens is 1. The highest BCUT2D eigenvalue weighted by Crippen LogP contribution is 2.11. The number of phenols is 1. The SMILES string of the molecule is O=S(=O)(NCCc1ccc(O)cc1)c1cnc(Cl)nc1. The summed E-state index contributed by atoms with van der Waals surface area (Å²) < 4.78 is 26.3. The smallest absolute Gasteiger partial charge is 0.243 e. The minimum atomic E-state index is -3.64. The van der Waals surface area contributed by atoms with Gasteiger partial charge in [0.1, 0.15) is 10.6 Å². The second-order valence-electron chi connectivity index (χ2n) is 4.00.